The summed E-state index contributed by atoms with van der Waals surface area (Å²) in [6.45, 7) is 0. The predicted molar refractivity (Wildman–Crippen MR) is 91.5 cm³/mol. The van der Waals surface area contributed by atoms with Gasteiger partial charge in [-0.15, -0.1) is 0 Å². The number of hydrogen-bond donors (Lipinski definition) is 4. The first-order valence-electron chi connectivity index (χ1n) is 6.92. The van der Waals surface area contributed by atoms with Crippen molar-refractivity contribution in [1.29, 1.82) is 5.41 Å². The number of pyridine rings is 1. The number of benzene rings is 1. The molecule has 0 aliphatic rings. The number of aromatic amines is 2. The van der Waals surface area contributed by atoms with Gasteiger partial charge in [0.05, 0.1) is 23.0 Å². The maximum Gasteiger partial charge on any atom is 0.177 e. The van der Waals surface area contributed by atoms with E-state index in [1.165, 1.54) is 0 Å². The third kappa shape index (κ3) is 2.57. The van der Waals surface area contributed by atoms with Crippen LogP contribution in [0.1, 0.15) is 17.2 Å². The Bertz CT molecular complexity index is 1050. The average Bonchev–Trinajstić information content (AvgIpc) is 3.08. The van der Waals surface area contributed by atoms with E-state index in [0.29, 0.717) is 17.6 Å². The average molecular weight is 370 g/mol. The molecular formula is C15H12BrN7. The molecule has 114 valence electrons. The number of rotatable bonds is 3. The standard InChI is InChI=1S/C15H12BrN7/c16-8-4-11-15(19-6-8)23-13(22-11)5-12-20-9-2-1-7(14(17)18)3-10(9)21-12/h1-4,6H,5H2,(H3,17,18)(H,20,21)(H,19,22,23). The molecule has 0 saturated heterocycles. The number of nitrogens with zero attached hydrogens (tertiary/aromatic N) is 3. The molecule has 1 aromatic carbocycles. The topological polar surface area (TPSA) is 120 Å². The Hall–Kier alpha value is -2.74. The lowest BCUT2D eigenvalue weighted by atomic mass is 10.2. The highest BCUT2D eigenvalue weighted by Gasteiger charge is 2.09. The number of fused-ring (bicyclic) bond motifs is 2. The zero-order valence-corrected chi connectivity index (χ0v) is 13.5. The van der Waals surface area contributed by atoms with Crippen molar-refractivity contribution in [1.82, 2.24) is 24.9 Å². The highest BCUT2D eigenvalue weighted by atomic mass is 79.9. The summed E-state index contributed by atoms with van der Waals surface area (Å²) < 4.78 is 0.903. The first kappa shape index (κ1) is 13.9. The lowest BCUT2D eigenvalue weighted by molar-refractivity contribution is 0.958. The van der Waals surface area contributed by atoms with Crippen molar-refractivity contribution in [3.63, 3.8) is 0 Å². The van der Waals surface area contributed by atoms with Crippen molar-refractivity contribution in [2.24, 2.45) is 5.73 Å². The summed E-state index contributed by atoms with van der Waals surface area (Å²) in [6, 6.07) is 7.42. The van der Waals surface area contributed by atoms with E-state index in [-0.39, 0.29) is 5.84 Å². The summed E-state index contributed by atoms with van der Waals surface area (Å²) in [5.41, 5.74) is 9.42. The molecule has 0 spiro atoms. The summed E-state index contributed by atoms with van der Waals surface area (Å²) in [6.07, 6.45) is 2.26. The van der Waals surface area contributed by atoms with Crippen molar-refractivity contribution in [3.05, 3.63) is 52.1 Å². The van der Waals surface area contributed by atoms with Gasteiger partial charge in [0, 0.05) is 16.2 Å². The number of hydrogen-bond acceptors (Lipinski definition) is 4. The van der Waals surface area contributed by atoms with Crippen LogP contribution in [0.25, 0.3) is 22.2 Å². The molecule has 5 N–H and O–H groups in total. The molecule has 0 atom stereocenters. The van der Waals surface area contributed by atoms with Crippen molar-refractivity contribution >= 4 is 44.0 Å². The van der Waals surface area contributed by atoms with Gasteiger partial charge in [0.1, 0.15) is 17.5 Å². The van der Waals surface area contributed by atoms with Crippen LogP contribution in [0, 0.1) is 5.41 Å². The van der Waals surface area contributed by atoms with Crippen molar-refractivity contribution in [2.45, 2.75) is 6.42 Å². The van der Waals surface area contributed by atoms with Gasteiger partial charge in [-0.05, 0) is 40.2 Å². The lowest BCUT2D eigenvalue weighted by Crippen LogP contribution is -2.10. The fourth-order valence-corrected chi connectivity index (χ4v) is 2.81. The molecule has 4 rings (SSSR count). The molecule has 0 bridgehead atoms. The summed E-state index contributed by atoms with van der Waals surface area (Å²) in [5, 5.41) is 7.49. The fraction of sp³-hybridized carbons (Fsp3) is 0.0667. The maximum atomic E-state index is 7.49. The molecule has 23 heavy (non-hydrogen) atoms. The van der Waals surface area contributed by atoms with Crippen LogP contribution >= 0.6 is 15.9 Å². The van der Waals surface area contributed by atoms with E-state index in [0.717, 1.165) is 32.7 Å². The number of amidine groups is 1. The van der Waals surface area contributed by atoms with Crippen LogP contribution in [0.15, 0.2) is 34.9 Å². The number of nitrogen functional groups attached to an aromatic ring is 1. The Morgan fingerprint density at radius 2 is 1.91 bits per heavy atom. The number of imidazole rings is 2. The van der Waals surface area contributed by atoms with E-state index in [9.17, 15) is 0 Å². The Balaban J connectivity index is 1.69. The van der Waals surface area contributed by atoms with Crippen molar-refractivity contribution in [2.75, 3.05) is 0 Å². The van der Waals surface area contributed by atoms with Crippen LogP contribution in [0.3, 0.4) is 0 Å². The molecule has 0 radical (unpaired) electrons. The van der Waals surface area contributed by atoms with Gasteiger partial charge in [-0.1, -0.05) is 0 Å². The zero-order chi connectivity index (χ0) is 16.0. The normalized spacial score (nSPS) is 11.3. The maximum absolute atomic E-state index is 7.49. The smallest absolute Gasteiger partial charge is 0.177 e. The number of H-pyrrole nitrogens is 2. The van der Waals surface area contributed by atoms with E-state index in [4.69, 9.17) is 11.1 Å². The van der Waals surface area contributed by atoms with Crippen LogP contribution in [0.2, 0.25) is 0 Å². The van der Waals surface area contributed by atoms with Crippen LogP contribution in [0.4, 0.5) is 0 Å². The highest BCUT2D eigenvalue weighted by Crippen LogP contribution is 2.18. The predicted octanol–water partition coefficient (Wildman–Crippen LogP) is 2.47. The SMILES string of the molecule is N=C(N)c1ccc2[nH]c(Cc3nc4ncc(Br)cc4[nH]3)nc2c1. The van der Waals surface area contributed by atoms with Gasteiger partial charge in [-0.3, -0.25) is 5.41 Å². The molecule has 8 heteroatoms. The van der Waals surface area contributed by atoms with Crippen LogP contribution in [-0.4, -0.2) is 30.8 Å². The Labute approximate surface area is 139 Å². The summed E-state index contributed by atoms with van der Waals surface area (Å²) >= 11 is 3.39. The summed E-state index contributed by atoms with van der Waals surface area (Å²) in [5.74, 6) is 1.61. The molecule has 4 aromatic rings. The highest BCUT2D eigenvalue weighted by molar-refractivity contribution is 9.10. The van der Waals surface area contributed by atoms with E-state index in [1.54, 1.807) is 18.3 Å². The Kier molecular flexibility index (Phi) is 3.12. The first-order valence-corrected chi connectivity index (χ1v) is 7.71. The molecule has 0 aliphatic heterocycles. The van der Waals surface area contributed by atoms with Crippen LogP contribution in [-0.2, 0) is 6.42 Å². The second kappa shape index (κ2) is 5.17. The van der Waals surface area contributed by atoms with Crippen molar-refractivity contribution < 1.29 is 0 Å². The number of halogens is 1. The molecular weight excluding hydrogens is 358 g/mol. The first-order chi connectivity index (χ1) is 11.1. The number of nitrogens with two attached hydrogens (primary N) is 1. The molecule has 0 fully saturated rings. The minimum Gasteiger partial charge on any atom is -0.384 e. The quantitative estimate of drug-likeness (QED) is 0.327. The number of nitrogens with one attached hydrogen (secondary N) is 3. The molecule has 7 nitrogen and oxygen atoms in total. The van der Waals surface area contributed by atoms with E-state index >= 15 is 0 Å². The van der Waals surface area contributed by atoms with Gasteiger partial charge in [-0.2, -0.15) is 0 Å². The molecule has 0 amide bonds. The summed E-state index contributed by atoms with van der Waals surface area (Å²) in [4.78, 5) is 19.8. The van der Waals surface area contributed by atoms with Gasteiger partial charge < -0.3 is 15.7 Å². The largest absolute Gasteiger partial charge is 0.384 e. The van der Waals surface area contributed by atoms with Crippen LogP contribution in [0.5, 0.6) is 0 Å². The Morgan fingerprint density at radius 1 is 1.13 bits per heavy atom. The summed E-state index contributed by atoms with van der Waals surface area (Å²) in [7, 11) is 0. The second-order valence-electron chi connectivity index (χ2n) is 5.21. The fourth-order valence-electron chi connectivity index (χ4n) is 2.48. The van der Waals surface area contributed by atoms with E-state index in [1.807, 2.05) is 12.1 Å². The van der Waals surface area contributed by atoms with E-state index in [2.05, 4.69) is 40.8 Å². The lowest BCUT2D eigenvalue weighted by Gasteiger charge is -1.95. The zero-order valence-electron chi connectivity index (χ0n) is 11.9. The monoisotopic (exact) mass is 369 g/mol. The molecule has 0 saturated carbocycles. The minimum absolute atomic E-state index is 0.0328. The third-order valence-corrected chi connectivity index (χ3v) is 3.96. The van der Waals surface area contributed by atoms with E-state index < -0.39 is 0 Å². The molecule has 0 unspecified atom stereocenters. The third-order valence-electron chi connectivity index (χ3n) is 3.53. The van der Waals surface area contributed by atoms with Gasteiger partial charge in [-0.25, -0.2) is 15.0 Å². The second-order valence-corrected chi connectivity index (χ2v) is 6.13. The van der Waals surface area contributed by atoms with Gasteiger partial charge in [0.2, 0.25) is 0 Å². The molecule has 0 aliphatic carbocycles. The van der Waals surface area contributed by atoms with Gasteiger partial charge >= 0.3 is 0 Å². The van der Waals surface area contributed by atoms with Crippen LogP contribution < -0.4 is 5.73 Å². The Morgan fingerprint density at radius 3 is 2.74 bits per heavy atom. The molecule has 3 aromatic heterocycles. The number of aromatic nitrogens is 5. The molecule has 3 heterocycles. The van der Waals surface area contributed by atoms with Gasteiger partial charge in [0.25, 0.3) is 0 Å². The van der Waals surface area contributed by atoms with Crippen molar-refractivity contribution in [3.8, 4) is 0 Å². The minimum atomic E-state index is 0.0328. The van der Waals surface area contributed by atoms with Gasteiger partial charge in [0.15, 0.2) is 5.65 Å².